The van der Waals surface area contributed by atoms with Gasteiger partial charge in [-0.25, -0.2) is 14.4 Å². The monoisotopic (exact) mass is 311 g/mol. The molecule has 0 bridgehead atoms. The van der Waals surface area contributed by atoms with Crippen LogP contribution in [-0.4, -0.2) is 49.2 Å². The summed E-state index contributed by atoms with van der Waals surface area (Å²) in [6.07, 6.45) is 1.51. The minimum atomic E-state index is -0.976. The van der Waals surface area contributed by atoms with E-state index in [2.05, 4.69) is 18.5 Å². The predicted molar refractivity (Wildman–Crippen MR) is 73.4 cm³/mol. The first-order valence-corrected chi connectivity index (χ1v) is 6.54. The maximum atomic E-state index is 11.7. The fourth-order valence-electron chi connectivity index (χ4n) is 1.63. The Morgan fingerprint density at radius 1 is 1.18 bits per heavy atom. The molecular weight excluding hydrogens is 294 g/mol. The van der Waals surface area contributed by atoms with Crippen LogP contribution in [0.15, 0.2) is 25.3 Å². The Kier molecular flexibility index (Phi) is 6.81. The number of hydrogen-bond acceptors (Lipinski definition) is 7. The van der Waals surface area contributed by atoms with E-state index in [-0.39, 0.29) is 25.5 Å². The standard InChI is InChI=1S/C14H17NO7/c1-3-12(17)20-7-9(22-13(18)4-2)8-21-14(19)10-5-6-11(16)15-10/h3-4,9-10H,1-2,5-8H2,(H,15,16)/t9?,10-/m0/s1. The molecule has 0 aromatic carbocycles. The molecule has 0 spiro atoms. The van der Waals surface area contributed by atoms with Crippen LogP contribution in [0.1, 0.15) is 12.8 Å². The van der Waals surface area contributed by atoms with Crippen molar-refractivity contribution in [2.45, 2.75) is 25.0 Å². The van der Waals surface area contributed by atoms with Crippen LogP contribution in [-0.2, 0) is 33.4 Å². The van der Waals surface area contributed by atoms with Gasteiger partial charge >= 0.3 is 17.9 Å². The highest BCUT2D eigenvalue weighted by Gasteiger charge is 2.29. The van der Waals surface area contributed by atoms with E-state index >= 15 is 0 Å². The Bertz CT molecular complexity index is 486. The molecule has 0 aromatic heterocycles. The Balaban J connectivity index is 2.48. The molecule has 0 aliphatic carbocycles. The van der Waals surface area contributed by atoms with Gasteiger partial charge in [-0.15, -0.1) is 0 Å². The minimum absolute atomic E-state index is 0.225. The molecule has 2 atom stereocenters. The largest absolute Gasteiger partial charge is 0.460 e. The predicted octanol–water partition coefficient (Wildman–Crippen LogP) is -0.365. The number of nitrogens with one attached hydrogen (secondary N) is 1. The minimum Gasteiger partial charge on any atom is -0.460 e. The molecule has 0 radical (unpaired) electrons. The lowest BCUT2D eigenvalue weighted by atomic mass is 10.2. The molecule has 1 unspecified atom stereocenters. The maximum absolute atomic E-state index is 11.7. The van der Waals surface area contributed by atoms with Gasteiger partial charge in [-0.2, -0.15) is 0 Å². The van der Waals surface area contributed by atoms with Crippen LogP contribution in [0, 0.1) is 0 Å². The van der Waals surface area contributed by atoms with E-state index in [9.17, 15) is 19.2 Å². The molecule has 1 rings (SSSR count). The number of amides is 1. The Hall–Kier alpha value is -2.64. The molecule has 0 saturated carbocycles. The molecule has 1 N–H and O–H groups in total. The zero-order valence-electron chi connectivity index (χ0n) is 11.9. The van der Waals surface area contributed by atoms with E-state index < -0.39 is 30.1 Å². The van der Waals surface area contributed by atoms with Crippen molar-refractivity contribution in [3.63, 3.8) is 0 Å². The lowest BCUT2D eigenvalue weighted by Gasteiger charge is -2.18. The average molecular weight is 311 g/mol. The normalized spacial score (nSPS) is 17.8. The summed E-state index contributed by atoms with van der Waals surface area (Å²) in [6, 6.07) is -0.709. The van der Waals surface area contributed by atoms with Gasteiger partial charge in [-0.05, 0) is 6.42 Å². The highest BCUT2D eigenvalue weighted by molar-refractivity contribution is 5.88. The SMILES string of the molecule is C=CC(=O)OCC(COC(=O)[C@@H]1CCC(=O)N1)OC(=O)C=C. The molecule has 8 heteroatoms. The Morgan fingerprint density at radius 2 is 1.82 bits per heavy atom. The van der Waals surface area contributed by atoms with Crippen LogP contribution in [0.3, 0.4) is 0 Å². The molecular formula is C14H17NO7. The van der Waals surface area contributed by atoms with Crippen molar-refractivity contribution >= 4 is 23.8 Å². The third-order valence-electron chi connectivity index (χ3n) is 2.72. The zero-order chi connectivity index (χ0) is 16.5. The van der Waals surface area contributed by atoms with Crippen molar-refractivity contribution in [3.05, 3.63) is 25.3 Å². The summed E-state index contributed by atoms with van der Waals surface area (Å²) in [5.41, 5.74) is 0. The molecule has 22 heavy (non-hydrogen) atoms. The average Bonchev–Trinajstić information content (AvgIpc) is 2.95. The second kappa shape index (κ2) is 8.60. The summed E-state index contributed by atoms with van der Waals surface area (Å²) >= 11 is 0. The van der Waals surface area contributed by atoms with E-state index in [1.54, 1.807) is 0 Å². The van der Waals surface area contributed by atoms with Gasteiger partial charge in [-0.1, -0.05) is 13.2 Å². The van der Waals surface area contributed by atoms with Gasteiger partial charge in [0, 0.05) is 18.6 Å². The van der Waals surface area contributed by atoms with Crippen LogP contribution in [0.25, 0.3) is 0 Å². The lowest BCUT2D eigenvalue weighted by Crippen LogP contribution is -2.37. The van der Waals surface area contributed by atoms with Crippen molar-refractivity contribution in [3.8, 4) is 0 Å². The van der Waals surface area contributed by atoms with E-state index in [0.717, 1.165) is 12.2 Å². The fraction of sp³-hybridized carbons (Fsp3) is 0.429. The van der Waals surface area contributed by atoms with E-state index in [4.69, 9.17) is 14.2 Å². The molecule has 1 aliphatic heterocycles. The van der Waals surface area contributed by atoms with Gasteiger partial charge in [0.05, 0.1) is 0 Å². The van der Waals surface area contributed by atoms with Gasteiger partial charge in [-0.3, -0.25) is 4.79 Å². The summed E-state index contributed by atoms with van der Waals surface area (Å²) in [5.74, 6) is -2.31. The molecule has 1 fully saturated rings. The quantitative estimate of drug-likeness (QED) is 0.370. The summed E-state index contributed by atoms with van der Waals surface area (Å²) in [7, 11) is 0. The van der Waals surface area contributed by atoms with E-state index in [1.807, 2.05) is 0 Å². The van der Waals surface area contributed by atoms with Gasteiger partial charge in [0.1, 0.15) is 19.3 Å². The molecule has 1 amide bonds. The van der Waals surface area contributed by atoms with Gasteiger partial charge in [0.15, 0.2) is 6.10 Å². The highest BCUT2D eigenvalue weighted by atomic mass is 16.6. The van der Waals surface area contributed by atoms with Crippen LogP contribution in [0.2, 0.25) is 0 Å². The number of hydrogen-bond donors (Lipinski definition) is 1. The third-order valence-corrected chi connectivity index (χ3v) is 2.72. The van der Waals surface area contributed by atoms with Gasteiger partial charge in [0.2, 0.25) is 5.91 Å². The lowest BCUT2D eigenvalue weighted by molar-refractivity contribution is -0.163. The molecule has 1 saturated heterocycles. The topological polar surface area (TPSA) is 108 Å². The van der Waals surface area contributed by atoms with E-state index in [1.165, 1.54) is 0 Å². The maximum Gasteiger partial charge on any atom is 0.330 e. The Morgan fingerprint density at radius 3 is 2.36 bits per heavy atom. The number of esters is 3. The zero-order valence-corrected chi connectivity index (χ0v) is 11.9. The summed E-state index contributed by atoms with van der Waals surface area (Å²) in [6.45, 7) is 5.86. The molecule has 0 aromatic rings. The molecule has 120 valence electrons. The second-order valence-electron chi connectivity index (χ2n) is 4.39. The molecule has 8 nitrogen and oxygen atoms in total. The van der Waals surface area contributed by atoms with Crippen LogP contribution >= 0.6 is 0 Å². The first-order valence-electron chi connectivity index (χ1n) is 6.54. The van der Waals surface area contributed by atoms with Crippen LogP contribution < -0.4 is 5.32 Å². The number of ether oxygens (including phenoxy) is 3. The van der Waals surface area contributed by atoms with Crippen molar-refractivity contribution in [2.24, 2.45) is 0 Å². The van der Waals surface area contributed by atoms with Gasteiger partial charge < -0.3 is 19.5 Å². The number of rotatable bonds is 8. The number of carbonyl (C=O) groups is 4. The summed E-state index contributed by atoms with van der Waals surface area (Å²) < 4.78 is 14.6. The first-order chi connectivity index (χ1) is 10.5. The fourth-order valence-corrected chi connectivity index (χ4v) is 1.63. The third kappa shape index (κ3) is 5.78. The van der Waals surface area contributed by atoms with Crippen molar-refractivity contribution < 1.29 is 33.4 Å². The molecule has 1 aliphatic rings. The summed E-state index contributed by atoms with van der Waals surface area (Å²) in [4.78, 5) is 44.9. The molecule has 1 heterocycles. The smallest absolute Gasteiger partial charge is 0.330 e. The van der Waals surface area contributed by atoms with Crippen LogP contribution in [0.4, 0.5) is 0 Å². The van der Waals surface area contributed by atoms with Crippen molar-refractivity contribution in [1.82, 2.24) is 5.32 Å². The van der Waals surface area contributed by atoms with Crippen LogP contribution in [0.5, 0.6) is 0 Å². The van der Waals surface area contributed by atoms with Gasteiger partial charge in [0.25, 0.3) is 0 Å². The summed E-state index contributed by atoms with van der Waals surface area (Å²) in [5, 5.41) is 2.45. The highest BCUT2D eigenvalue weighted by Crippen LogP contribution is 2.09. The Labute approximate surface area is 127 Å². The van der Waals surface area contributed by atoms with E-state index in [0.29, 0.717) is 6.42 Å². The van der Waals surface area contributed by atoms with Crippen molar-refractivity contribution in [2.75, 3.05) is 13.2 Å². The van der Waals surface area contributed by atoms with Crippen molar-refractivity contribution in [1.29, 1.82) is 0 Å². The number of carbonyl (C=O) groups excluding carboxylic acids is 4. The first kappa shape index (κ1) is 17.4. The second-order valence-corrected chi connectivity index (χ2v) is 4.39.